The summed E-state index contributed by atoms with van der Waals surface area (Å²) < 4.78 is 5.11. The summed E-state index contributed by atoms with van der Waals surface area (Å²) in [5.74, 6) is 0. The number of hydrogen-bond acceptors (Lipinski definition) is 4. The summed E-state index contributed by atoms with van der Waals surface area (Å²) >= 11 is 1.77. The molecule has 0 fully saturated rings. The van der Waals surface area contributed by atoms with Crippen LogP contribution < -0.4 is 0 Å². The molecule has 1 heterocycles. The molecule has 0 aliphatic carbocycles. The highest BCUT2D eigenvalue weighted by Gasteiger charge is 2.08. The summed E-state index contributed by atoms with van der Waals surface area (Å²) in [6.45, 7) is 3.26. The van der Waals surface area contributed by atoms with Gasteiger partial charge in [-0.15, -0.1) is 11.3 Å². The van der Waals surface area contributed by atoms with Gasteiger partial charge in [0.25, 0.3) is 0 Å². The van der Waals surface area contributed by atoms with Gasteiger partial charge < -0.3 is 9.84 Å². The molecular weight excluding hydrogens is 270 g/mol. The van der Waals surface area contributed by atoms with Crippen molar-refractivity contribution in [1.82, 2.24) is 4.90 Å². The van der Waals surface area contributed by atoms with Gasteiger partial charge in [-0.3, -0.25) is 4.90 Å². The first-order valence-electron chi connectivity index (χ1n) is 6.78. The number of ether oxygens (including phenoxy) is 1. The summed E-state index contributed by atoms with van der Waals surface area (Å²) in [4.78, 5) is 3.53. The fraction of sp³-hybridized carbons (Fsp3) is 0.375. The number of hydrogen-bond donors (Lipinski definition) is 1. The average Bonchev–Trinajstić information content (AvgIpc) is 2.94. The Bertz CT molecular complexity index is 498. The standard InChI is InChI=1S/C16H21NO2S/c1-19-10-8-17(7-9-18)12-16-11-15(13-20-16)14-5-3-2-4-6-14/h2-6,11,13,18H,7-10,12H2,1H3. The van der Waals surface area contributed by atoms with E-state index < -0.39 is 0 Å². The van der Waals surface area contributed by atoms with Crippen LogP contribution in [-0.4, -0.2) is 43.4 Å². The fourth-order valence-electron chi connectivity index (χ4n) is 2.10. The molecule has 1 aromatic heterocycles. The first-order chi connectivity index (χ1) is 9.83. The van der Waals surface area contributed by atoms with Gasteiger partial charge in [-0.2, -0.15) is 0 Å². The maximum absolute atomic E-state index is 9.12. The number of rotatable bonds is 8. The van der Waals surface area contributed by atoms with Gasteiger partial charge in [-0.05, 0) is 22.6 Å². The van der Waals surface area contributed by atoms with E-state index in [1.807, 2.05) is 6.07 Å². The second kappa shape index (κ2) is 8.17. The van der Waals surface area contributed by atoms with E-state index in [4.69, 9.17) is 9.84 Å². The van der Waals surface area contributed by atoms with Gasteiger partial charge in [0.1, 0.15) is 0 Å². The Morgan fingerprint density at radius 3 is 2.65 bits per heavy atom. The van der Waals surface area contributed by atoms with Crippen LogP contribution in [0.3, 0.4) is 0 Å². The molecule has 0 saturated carbocycles. The zero-order chi connectivity index (χ0) is 14.2. The van der Waals surface area contributed by atoms with Crippen LogP contribution in [0.15, 0.2) is 41.8 Å². The molecule has 0 amide bonds. The average molecular weight is 291 g/mol. The van der Waals surface area contributed by atoms with E-state index >= 15 is 0 Å². The number of nitrogens with zero attached hydrogens (tertiary/aromatic N) is 1. The van der Waals surface area contributed by atoms with Gasteiger partial charge in [0, 0.05) is 31.6 Å². The lowest BCUT2D eigenvalue weighted by molar-refractivity contribution is 0.127. The lowest BCUT2D eigenvalue weighted by Crippen LogP contribution is -2.29. The summed E-state index contributed by atoms with van der Waals surface area (Å²) in [6.07, 6.45) is 0. The molecule has 2 rings (SSSR count). The number of thiophene rings is 1. The molecule has 4 heteroatoms. The highest BCUT2D eigenvalue weighted by molar-refractivity contribution is 7.10. The smallest absolute Gasteiger partial charge is 0.0589 e. The highest BCUT2D eigenvalue weighted by atomic mass is 32.1. The maximum Gasteiger partial charge on any atom is 0.0589 e. The molecule has 2 aromatic rings. The van der Waals surface area contributed by atoms with Crippen molar-refractivity contribution in [2.75, 3.05) is 33.4 Å². The minimum absolute atomic E-state index is 0.181. The summed E-state index contributed by atoms with van der Waals surface area (Å²) in [5, 5.41) is 11.3. The molecule has 0 atom stereocenters. The van der Waals surface area contributed by atoms with Crippen molar-refractivity contribution in [3.05, 3.63) is 46.7 Å². The number of benzene rings is 1. The Labute approximate surface area is 124 Å². The van der Waals surface area contributed by atoms with Crippen LogP contribution in [0.1, 0.15) is 4.88 Å². The molecule has 0 aliphatic rings. The third kappa shape index (κ3) is 4.42. The first-order valence-corrected chi connectivity index (χ1v) is 7.66. The predicted molar refractivity (Wildman–Crippen MR) is 84.0 cm³/mol. The lowest BCUT2D eigenvalue weighted by Gasteiger charge is -2.19. The Morgan fingerprint density at radius 1 is 1.15 bits per heavy atom. The maximum atomic E-state index is 9.12. The van der Waals surface area contributed by atoms with Gasteiger partial charge in [0.05, 0.1) is 13.2 Å². The second-order valence-electron chi connectivity index (χ2n) is 4.66. The van der Waals surface area contributed by atoms with Crippen LogP contribution in [0.4, 0.5) is 0 Å². The molecule has 108 valence electrons. The summed E-state index contributed by atoms with van der Waals surface area (Å²) in [5.41, 5.74) is 2.52. The van der Waals surface area contributed by atoms with Gasteiger partial charge in [0.15, 0.2) is 0 Å². The number of aliphatic hydroxyl groups is 1. The normalized spacial score (nSPS) is 11.2. The molecule has 1 N–H and O–H groups in total. The SMILES string of the molecule is COCCN(CCO)Cc1cc(-c2ccccc2)cs1. The Balaban J connectivity index is 2.00. The number of methoxy groups -OCH3 is 1. The molecule has 0 aliphatic heterocycles. The molecule has 0 saturated heterocycles. The van der Waals surface area contributed by atoms with E-state index in [-0.39, 0.29) is 6.61 Å². The predicted octanol–water partition coefficient (Wildman–Crippen LogP) is 2.86. The molecule has 20 heavy (non-hydrogen) atoms. The topological polar surface area (TPSA) is 32.7 Å². The van der Waals surface area contributed by atoms with E-state index in [1.165, 1.54) is 16.0 Å². The van der Waals surface area contributed by atoms with Crippen molar-refractivity contribution in [1.29, 1.82) is 0 Å². The van der Waals surface area contributed by atoms with Crippen LogP contribution in [0.2, 0.25) is 0 Å². The fourth-order valence-corrected chi connectivity index (χ4v) is 3.03. The van der Waals surface area contributed by atoms with Gasteiger partial charge >= 0.3 is 0 Å². The van der Waals surface area contributed by atoms with Crippen LogP contribution >= 0.6 is 11.3 Å². The first kappa shape index (κ1) is 15.2. The number of aliphatic hydroxyl groups excluding tert-OH is 1. The van der Waals surface area contributed by atoms with Crippen molar-refractivity contribution in [2.45, 2.75) is 6.54 Å². The summed E-state index contributed by atoms with van der Waals surface area (Å²) in [7, 11) is 1.70. The van der Waals surface area contributed by atoms with E-state index in [1.54, 1.807) is 18.4 Å². The van der Waals surface area contributed by atoms with E-state index in [2.05, 4.69) is 40.6 Å². The Morgan fingerprint density at radius 2 is 1.95 bits per heavy atom. The van der Waals surface area contributed by atoms with Crippen molar-refractivity contribution in [2.24, 2.45) is 0 Å². The van der Waals surface area contributed by atoms with Crippen molar-refractivity contribution < 1.29 is 9.84 Å². The van der Waals surface area contributed by atoms with Gasteiger partial charge in [-0.25, -0.2) is 0 Å². The van der Waals surface area contributed by atoms with Gasteiger partial charge in [-0.1, -0.05) is 30.3 Å². The molecular formula is C16H21NO2S. The zero-order valence-corrected chi connectivity index (χ0v) is 12.6. The van der Waals surface area contributed by atoms with Crippen molar-refractivity contribution >= 4 is 11.3 Å². The quantitative estimate of drug-likeness (QED) is 0.812. The lowest BCUT2D eigenvalue weighted by atomic mass is 10.1. The minimum atomic E-state index is 0.181. The van der Waals surface area contributed by atoms with E-state index in [0.717, 1.165) is 13.1 Å². The van der Waals surface area contributed by atoms with E-state index in [0.29, 0.717) is 13.2 Å². The molecule has 1 aromatic carbocycles. The molecule has 0 spiro atoms. The molecule has 0 bridgehead atoms. The molecule has 3 nitrogen and oxygen atoms in total. The Kier molecular flexibility index (Phi) is 6.21. The third-order valence-corrected chi connectivity index (χ3v) is 4.09. The van der Waals surface area contributed by atoms with Crippen LogP contribution in [0.25, 0.3) is 11.1 Å². The third-order valence-electron chi connectivity index (χ3n) is 3.17. The van der Waals surface area contributed by atoms with Crippen molar-refractivity contribution in [3.8, 4) is 11.1 Å². The van der Waals surface area contributed by atoms with Crippen LogP contribution in [0.5, 0.6) is 0 Å². The largest absolute Gasteiger partial charge is 0.395 e. The highest BCUT2D eigenvalue weighted by Crippen LogP contribution is 2.26. The molecule has 0 unspecified atom stereocenters. The van der Waals surface area contributed by atoms with Crippen molar-refractivity contribution in [3.63, 3.8) is 0 Å². The monoisotopic (exact) mass is 291 g/mol. The van der Waals surface area contributed by atoms with E-state index in [9.17, 15) is 0 Å². The second-order valence-corrected chi connectivity index (χ2v) is 5.66. The summed E-state index contributed by atoms with van der Waals surface area (Å²) in [6, 6.07) is 12.6. The van der Waals surface area contributed by atoms with Crippen LogP contribution in [-0.2, 0) is 11.3 Å². The van der Waals surface area contributed by atoms with Gasteiger partial charge in [0.2, 0.25) is 0 Å². The zero-order valence-electron chi connectivity index (χ0n) is 11.8. The van der Waals surface area contributed by atoms with Crippen LogP contribution in [0, 0.1) is 0 Å². The minimum Gasteiger partial charge on any atom is -0.395 e. The molecule has 0 radical (unpaired) electrons. The Hall–Kier alpha value is -1.20.